The molecule has 4 nitrogen and oxygen atoms in total. The molecule has 7 heteroatoms. The minimum absolute atomic E-state index is 0.00675. The summed E-state index contributed by atoms with van der Waals surface area (Å²) in [5, 5.41) is 5.70. The number of hydrogen-bond acceptors (Lipinski definition) is 3. The summed E-state index contributed by atoms with van der Waals surface area (Å²) in [4.78, 5) is 12.2. The molecular weight excluding hydrogens is 309 g/mol. The zero-order chi connectivity index (χ0) is 17.5. The Kier molecular flexibility index (Phi) is 7.09. The molecule has 1 amide bonds. The predicted molar refractivity (Wildman–Crippen MR) is 82.6 cm³/mol. The van der Waals surface area contributed by atoms with Crippen molar-refractivity contribution in [2.45, 2.75) is 26.1 Å². The van der Waals surface area contributed by atoms with Gasteiger partial charge in [-0.25, -0.2) is 0 Å². The Labute approximate surface area is 133 Å². The Bertz CT molecular complexity index is 545. The second-order valence-electron chi connectivity index (χ2n) is 4.98. The molecule has 0 saturated carbocycles. The van der Waals surface area contributed by atoms with E-state index in [2.05, 4.69) is 17.2 Å². The Morgan fingerprint density at radius 2 is 2.13 bits per heavy atom. The lowest BCUT2D eigenvalue weighted by Crippen LogP contribution is -2.39. The number of halogens is 3. The van der Waals surface area contributed by atoms with Crippen LogP contribution in [0.25, 0.3) is 0 Å². The first-order chi connectivity index (χ1) is 10.8. The largest absolute Gasteiger partial charge is 0.489 e. The summed E-state index contributed by atoms with van der Waals surface area (Å²) in [5.74, 6) is -0.522. The van der Waals surface area contributed by atoms with Gasteiger partial charge in [-0.1, -0.05) is 19.6 Å². The number of ether oxygens (including phenoxy) is 1. The molecule has 1 aromatic rings. The summed E-state index contributed by atoms with van der Waals surface area (Å²) in [5.41, 5.74) is -1.04. The van der Waals surface area contributed by atoms with E-state index in [1.807, 2.05) is 13.8 Å². The fourth-order valence-electron chi connectivity index (χ4n) is 1.92. The van der Waals surface area contributed by atoms with Crippen LogP contribution >= 0.6 is 0 Å². The number of alkyl halides is 3. The molecule has 1 aromatic carbocycles. The molecule has 0 bridgehead atoms. The van der Waals surface area contributed by atoms with Crippen molar-refractivity contribution in [1.82, 2.24) is 10.6 Å². The van der Waals surface area contributed by atoms with Crippen LogP contribution in [0.5, 0.6) is 5.75 Å². The summed E-state index contributed by atoms with van der Waals surface area (Å²) >= 11 is 0. The molecule has 0 fully saturated rings. The van der Waals surface area contributed by atoms with Gasteiger partial charge in [0.15, 0.2) is 0 Å². The van der Waals surface area contributed by atoms with Gasteiger partial charge in [0.1, 0.15) is 12.4 Å². The molecule has 23 heavy (non-hydrogen) atoms. The highest BCUT2D eigenvalue weighted by molar-refractivity contribution is 5.97. The lowest BCUT2D eigenvalue weighted by atomic mass is 10.1. The van der Waals surface area contributed by atoms with Gasteiger partial charge in [0.05, 0.1) is 11.1 Å². The summed E-state index contributed by atoms with van der Waals surface area (Å²) < 4.78 is 43.8. The quantitative estimate of drug-likeness (QED) is 0.721. The molecule has 0 aliphatic heterocycles. The predicted octanol–water partition coefficient (Wildman–Crippen LogP) is 3.00. The molecule has 1 atom stereocenters. The van der Waals surface area contributed by atoms with Crippen molar-refractivity contribution in [1.29, 1.82) is 0 Å². The molecule has 0 unspecified atom stereocenters. The molecule has 0 aromatic heterocycles. The Morgan fingerprint density at radius 3 is 2.70 bits per heavy atom. The zero-order valence-electron chi connectivity index (χ0n) is 13.2. The van der Waals surface area contributed by atoms with Crippen molar-refractivity contribution in [2.24, 2.45) is 0 Å². The third kappa shape index (κ3) is 5.94. The van der Waals surface area contributed by atoms with Gasteiger partial charge in [0.25, 0.3) is 5.91 Å². The Morgan fingerprint density at radius 1 is 1.43 bits per heavy atom. The van der Waals surface area contributed by atoms with Crippen molar-refractivity contribution < 1.29 is 22.7 Å². The average molecular weight is 330 g/mol. The van der Waals surface area contributed by atoms with Gasteiger partial charge in [-0.2, -0.15) is 13.2 Å². The number of likely N-dealkylation sites (N-methyl/N-ethyl adjacent to an activating group) is 1. The van der Waals surface area contributed by atoms with Gasteiger partial charge in [-0.3, -0.25) is 4.79 Å². The first kappa shape index (κ1) is 19.0. The molecule has 2 N–H and O–H groups in total. The van der Waals surface area contributed by atoms with Crippen molar-refractivity contribution in [3.05, 3.63) is 42.0 Å². The van der Waals surface area contributed by atoms with E-state index in [0.717, 1.165) is 24.7 Å². The smallest absolute Gasteiger partial charge is 0.416 e. The van der Waals surface area contributed by atoms with Crippen molar-refractivity contribution in [3.8, 4) is 5.75 Å². The van der Waals surface area contributed by atoms with Crippen molar-refractivity contribution in [2.75, 3.05) is 19.7 Å². The summed E-state index contributed by atoms with van der Waals surface area (Å²) in [6, 6.07) is 2.84. The summed E-state index contributed by atoms with van der Waals surface area (Å²) in [6.45, 7) is 8.38. The van der Waals surface area contributed by atoms with E-state index in [0.29, 0.717) is 6.54 Å². The van der Waals surface area contributed by atoms with E-state index in [4.69, 9.17) is 4.74 Å². The normalized spacial score (nSPS) is 12.6. The number of carbonyl (C=O) groups is 1. The lowest BCUT2D eigenvalue weighted by Gasteiger charge is -2.16. The molecule has 128 valence electrons. The average Bonchev–Trinajstić information content (AvgIpc) is 2.49. The second-order valence-corrected chi connectivity index (χ2v) is 4.98. The highest BCUT2D eigenvalue weighted by Gasteiger charge is 2.32. The van der Waals surface area contributed by atoms with Crippen LogP contribution in [-0.2, 0) is 6.18 Å². The molecule has 0 saturated heterocycles. The van der Waals surface area contributed by atoms with Gasteiger partial charge in [0, 0.05) is 12.6 Å². The Hall–Kier alpha value is -2.02. The van der Waals surface area contributed by atoms with Crippen LogP contribution in [0.15, 0.2) is 30.9 Å². The van der Waals surface area contributed by atoms with E-state index >= 15 is 0 Å². The molecule has 0 spiro atoms. The van der Waals surface area contributed by atoms with Gasteiger partial charge in [-0.05, 0) is 31.7 Å². The van der Waals surface area contributed by atoms with E-state index < -0.39 is 17.6 Å². The number of hydrogen-bond donors (Lipinski definition) is 2. The highest BCUT2D eigenvalue weighted by atomic mass is 19.4. The standard InChI is InChI=1S/C16H21F3N2O2/c1-4-8-23-14-7-6-12(16(17,18)19)9-13(14)15(22)21-10-11(3)20-5-2/h4,6-7,9,11,20H,1,5,8,10H2,2-3H3,(H,21,22)/t11-/m1/s1. The number of nitrogens with one attached hydrogen (secondary N) is 2. The Balaban J connectivity index is 2.98. The first-order valence-electron chi connectivity index (χ1n) is 7.26. The number of rotatable bonds is 8. The van der Waals surface area contributed by atoms with Gasteiger partial charge in [0.2, 0.25) is 0 Å². The number of carbonyl (C=O) groups excluding carboxylic acids is 1. The van der Waals surface area contributed by atoms with Crippen LogP contribution in [0, 0.1) is 0 Å². The SMILES string of the molecule is C=CCOc1ccc(C(F)(F)F)cc1C(=O)NC[C@@H](C)NCC. The van der Waals surface area contributed by atoms with Gasteiger partial charge < -0.3 is 15.4 Å². The van der Waals surface area contributed by atoms with Crippen LogP contribution in [0.1, 0.15) is 29.8 Å². The van der Waals surface area contributed by atoms with E-state index in [9.17, 15) is 18.0 Å². The van der Waals surface area contributed by atoms with Crippen LogP contribution in [-0.4, -0.2) is 31.6 Å². The van der Waals surface area contributed by atoms with Gasteiger partial charge in [-0.15, -0.1) is 0 Å². The maximum Gasteiger partial charge on any atom is 0.416 e. The van der Waals surface area contributed by atoms with Crippen molar-refractivity contribution in [3.63, 3.8) is 0 Å². The summed E-state index contributed by atoms with van der Waals surface area (Å²) in [7, 11) is 0. The highest BCUT2D eigenvalue weighted by Crippen LogP contribution is 2.32. The topological polar surface area (TPSA) is 50.4 Å². The summed E-state index contributed by atoms with van der Waals surface area (Å²) in [6.07, 6.45) is -3.07. The van der Waals surface area contributed by atoms with Crippen LogP contribution in [0.3, 0.4) is 0 Å². The molecular formula is C16H21F3N2O2. The number of amides is 1. The van der Waals surface area contributed by atoms with E-state index in [-0.39, 0.29) is 24.0 Å². The van der Waals surface area contributed by atoms with Crippen LogP contribution < -0.4 is 15.4 Å². The fourth-order valence-corrected chi connectivity index (χ4v) is 1.92. The monoisotopic (exact) mass is 330 g/mol. The maximum absolute atomic E-state index is 12.8. The second kappa shape index (κ2) is 8.57. The third-order valence-corrected chi connectivity index (χ3v) is 3.03. The molecule has 0 aliphatic rings. The van der Waals surface area contributed by atoms with E-state index in [1.54, 1.807) is 0 Å². The maximum atomic E-state index is 12.8. The molecule has 1 rings (SSSR count). The van der Waals surface area contributed by atoms with Crippen LogP contribution in [0.2, 0.25) is 0 Å². The molecule has 0 radical (unpaired) electrons. The van der Waals surface area contributed by atoms with Crippen LogP contribution in [0.4, 0.5) is 13.2 Å². The molecule has 0 aliphatic carbocycles. The number of benzene rings is 1. The minimum Gasteiger partial charge on any atom is -0.489 e. The molecule has 0 heterocycles. The zero-order valence-corrected chi connectivity index (χ0v) is 13.2. The third-order valence-electron chi connectivity index (χ3n) is 3.03. The first-order valence-corrected chi connectivity index (χ1v) is 7.26. The fraction of sp³-hybridized carbons (Fsp3) is 0.438. The van der Waals surface area contributed by atoms with E-state index in [1.165, 1.54) is 6.08 Å². The lowest BCUT2D eigenvalue weighted by molar-refractivity contribution is -0.137. The van der Waals surface area contributed by atoms with Gasteiger partial charge >= 0.3 is 6.18 Å². The van der Waals surface area contributed by atoms with Crippen molar-refractivity contribution >= 4 is 5.91 Å². The minimum atomic E-state index is -4.52.